The Labute approximate surface area is 594 Å². The number of phenols is 3. The maximum absolute atomic E-state index is 13.1. The lowest BCUT2D eigenvalue weighted by molar-refractivity contribution is 0.0591. The number of nitrogens with one attached hydrogen (secondary N) is 2. The summed E-state index contributed by atoms with van der Waals surface area (Å²) in [5.74, 6) is 1.97. The molecule has 3 fully saturated rings. The number of ketones is 3. The second-order valence-corrected chi connectivity index (χ2v) is 25.3. The zero-order chi connectivity index (χ0) is 72.0. The maximum atomic E-state index is 13.1. The number of hydrogen-bond acceptors (Lipinski definition) is 22. The van der Waals surface area contributed by atoms with Gasteiger partial charge >= 0.3 is 17.9 Å². The van der Waals surface area contributed by atoms with E-state index in [-0.39, 0.29) is 70.6 Å². The largest absolute Gasteiger partial charge is 0.507 e. The highest BCUT2D eigenvalue weighted by molar-refractivity contribution is 6.15. The number of hydrogen-bond donors (Lipinski definition) is 5. The van der Waals surface area contributed by atoms with Crippen LogP contribution >= 0.6 is 11.8 Å². The summed E-state index contributed by atoms with van der Waals surface area (Å²) < 4.78 is 39.6. The Morgan fingerprint density at radius 2 is 0.912 bits per heavy atom. The topological polar surface area (TPSA) is 310 Å². The van der Waals surface area contributed by atoms with Gasteiger partial charge in [-0.25, -0.2) is 14.4 Å². The van der Waals surface area contributed by atoms with Gasteiger partial charge in [0.15, 0.2) is 18.1 Å². The Balaban J connectivity index is 0.000000139. The molecule has 0 unspecified atom stereocenters. The van der Waals surface area contributed by atoms with Crippen LogP contribution in [0.25, 0.3) is 16.9 Å². The SMILES string of the molecule is COC(=O)c1ccc2c(c1)CC=C2/C=C1\Oc2c(ccc(O)c2CN2CCCCC2)C1=O.COC(=O)c1ccc2c(c1)CC=C2/C=C1\Oc2c(ccc(O)c2CN2CCNCC2)C1=O.COC(=O)c1ccc2c(c1)CC=C2OC.N=NN=NCl.O=C1COc2c1ccc(O)c2CN1CCCCC1. The van der Waals surface area contributed by atoms with Gasteiger partial charge in [0.1, 0.15) is 40.3 Å². The van der Waals surface area contributed by atoms with Gasteiger partial charge in [-0.3, -0.25) is 29.1 Å². The number of ether oxygens (including phenoxy) is 7. The number of allylic oxidation sites excluding steroid dienone is 9. The molecule has 0 radical (unpaired) electrons. The van der Waals surface area contributed by atoms with Crippen molar-refractivity contribution < 1.29 is 77.2 Å². The van der Waals surface area contributed by atoms with E-state index in [1.807, 2.05) is 54.6 Å². The van der Waals surface area contributed by atoms with E-state index in [4.69, 9.17) is 34.0 Å². The molecule has 25 heteroatoms. The van der Waals surface area contributed by atoms with Gasteiger partial charge in [-0.15, -0.1) is 0 Å². The predicted octanol–water partition coefficient (Wildman–Crippen LogP) is 12.5. The second kappa shape index (κ2) is 33.7. The molecule has 6 aromatic rings. The number of aromatic hydroxyl groups is 3. The molecule has 0 amide bonds. The van der Waals surface area contributed by atoms with Crippen molar-refractivity contribution in [3.8, 4) is 34.5 Å². The number of piperazine rings is 1. The van der Waals surface area contributed by atoms with Crippen molar-refractivity contribution in [2.75, 3.05) is 87.4 Å². The predicted molar refractivity (Wildman–Crippen MR) is 378 cm³/mol. The lowest BCUT2D eigenvalue weighted by Gasteiger charge is -2.27. The summed E-state index contributed by atoms with van der Waals surface area (Å²) in [4.78, 5) is 79.4. The first kappa shape index (κ1) is 72.6. The smallest absolute Gasteiger partial charge is 0.337 e. The molecule has 5 N–H and O–H groups in total. The van der Waals surface area contributed by atoms with Crippen LogP contribution in [0.3, 0.4) is 0 Å². The minimum Gasteiger partial charge on any atom is -0.507 e. The van der Waals surface area contributed by atoms with Gasteiger partial charge in [0.25, 0.3) is 0 Å². The number of piperidine rings is 2. The second-order valence-electron chi connectivity index (χ2n) is 25.2. The minimum absolute atomic E-state index is 0.00453. The zero-order valence-electron chi connectivity index (χ0n) is 57.1. The molecule has 24 nitrogen and oxygen atoms in total. The van der Waals surface area contributed by atoms with E-state index in [1.165, 1.54) is 47.0 Å². The fourth-order valence-electron chi connectivity index (χ4n) is 13.6. The summed E-state index contributed by atoms with van der Waals surface area (Å²) in [5, 5.41) is 39.3. The number of nitrogens with zero attached hydrogens (tertiary/aromatic N) is 6. The van der Waals surface area contributed by atoms with Gasteiger partial charge in [-0.2, -0.15) is 5.53 Å². The van der Waals surface area contributed by atoms with E-state index in [0.717, 1.165) is 127 Å². The fourth-order valence-corrected chi connectivity index (χ4v) is 13.6. The highest BCUT2D eigenvalue weighted by atomic mass is 35.5. The van der Waals surface area contributed by atoms with E-state index >= 15 is 0 Å². The lowest BCUT2D eigenvalue weighted by atomic mass is 10.0. The third-order valence-corrected chi connectivity index (χ3v) is 19.0. The lowest BCUT2D eigenvalue weighted by Crippen LogP contribution is -2.42. The number of Topliss-reactive ketones (excluding diaryl/α,β-unsaturated/α-hetero) is 3. The van der Waals surface area contributed by atoms with Crippen molar-refractivity contribution in [1.29, 1.82) is 5.53 Å². The highest BCUT2D eigenvalue weighted by Crippen LogP contribution is 2.44. The van der Waals surface area contributed by atoms with E-state index < -0.39 is 0 Å². The van der Waals surface area contributed by atoms with Gasteiger partial charge in [-0.1, -0.05) is 47.8 Å². The summed E-state index contributed by atoms with van der Waals surface area (Å²) in [5.41, 5.74) is 19.0. The van der Waals surface area contributed by atoms with E-state index in [1.54, 1.807) is 73.9 Å². The summed E-state index contributed by atoms with van der Waals surface area (Å²) in [6.07, 6.45) is 18.9. The van der Waals surface area contributed by atoms with Gasteiger partial charge in [-0.05, 0) is 212 Å². The molecule has 9 aliphatic rings. The molecular formula is C77H79ClN8O16. The number of halogens is 1. The molecule has 0 spiro atoms. The van der Waals surface area contributed by atoms with Crippen LogP contribution < -0.4 is 19.5 Å². The number of carbonyl (C=O) groups is 6. The first-order valence-electron chi connectivity index (χ1n) is 33.7. The molecule has 6 aliphatic heterocycles. The molecule has 6 heterocycles. The van der Waals surface area contributed by atoms with Crippen LogP contribution in [0.5, 0.6) is 34.5 Å². The van der Waals surface area contributed by atoms with Crippen LogP contribution in [0.15, 0.2) is 148 Å². The minimum atomic E-state index is -0.374. The summed E-state index contributed by atoms with van der Waals surface area (Å²) in [7, 11) is 5.75. The standard InChI is InChI=1S/C26H25NO5.C25H24N2O5.C14H17NO3.C12H12O3.ClHN4/c1-31-26(30)18-7-8-19-16(13-18)5-6-17(19)14-23-24(29)20-9-10-22(28)21(25(20)32-23)15-27-11-3-2-4-12-27;1-31-25(30)17-4-5-18-15(12-17)2-3-16(18)13-22-23(29)19-6-7-21(28)20(24(19)32-22)14-27-10-8-26-9-11-27;16-12-5-4-10-13(17)9-18-14(10)11(12)8-15-6-2-1-3-7-15;1-14-11-6-4-8-7-9(12(13)15-2)3-5-10(8)11;1-3-5-4-2/h6-10,13-14,28H,2-5,11-12,15H2,1H3;3-7,12-13,26,28H,2,8-11,14H2,1H3;4-5,16H,1-3,6-9H2;3,5-7H,4H2,1-2H3;2H/b23-14-;22-13-;;;. The van der Waals surface area contributed by atoms with Crippen LogP contribution in [0, 0.1) is 5.53 Å². The number of likely N-dealkylation sites (tertiary alicyclic amines) is 2. The van der Waals surface area contributed by atoms with Crippen molar-refractivity contribution in [2.45, 2.75) is 77.4 Å². The third kappa shape index (κ3) is 16.5. The van der Waals surface area contributed by atoms with Gasteiger partial charge in [0, 0.05) is 51.4 Å². The number of esters is 3. The number of phenolic OH excluding ortho intramolecular Hbond substituents is 3. The molecule has 102 heavy (non-hydrogen) atoms. The number of carbonyl (C=O) groups excluding carboxylic acids is 6. The number of benzene rings is 6. The van der Waals surface area contributed by atoms with E-state index in [9.17, 15) is 44.1 Å². The van der Waals surface area contributed by atoms with E-state index in [2.05, 4.69) is 51.6 Å². The Morgan fingerprint density at radius 3 is 1.32 bits per heavy atom. The zero-order valence-corrected chi connectivity index (χ0v) is 57.9. The molecule has 0 aromatic heterocycles. The monoisotopic (exact) mass is 1410 g/mol. The van der Waals surface area contributed by atoms with Gasteiger partial charge in [0.05, 0.1) is 90.3 Å². The van der Waals surface area contributed by atoms with Crippen molar-refractivity contribution >= 4 is 63.9 Å². The average Bonchev–Trinajstić information content (AvgIpc) is 1.62. The van der Waals surface area contributed by atoms with Crippen molar-refractivity contribution in [3.05, 3.63) is 216 Å². The molecular weight excluding hydrogens is 1330 g/mol. The Hall–Kier alpha value is -10.6. The van der Waals surface area contributed by atoms with E-state index in [0.29, 0.717) is 94.2 Å². The molecule has 0 bridgehead atoms. The summed E-state index contributed by atoms with van der Waals surface area (Å²) in [6, 6.07) is 26.0. The summed E-state index contributed by atoms with van der Waals surface area (Å²) in [6.45, 7) is 9.47. The normalized spacial score (nSPS) is 17.7. The molecule has 6 aromatic carbocycles. The quantitative estimate of drug-likeness (QED) is 0.0236. The molecule has 15 rings (SSSR count). The fraction of sp³-hybridized carbons (Fsp3) is 0.325. The van der Waals surface area contributed by atoms with Gasteiger partial charge in [0.2, 0.25) is 17.3 Å². The maximum Gasteiger partial charge on any atom is 0.337 e. The molecule has 0 saturated carbocycles. The average molecular weight is 1410 g/mol. The Morgan fingerprint density at radius 1 is 0.520 bits per heavy atom. The van der Waals surface area contributed by atoms with Crippen LogP contribution in [-0.4, -0.2) is 153 Å². The van der Waals surface area contributed by atoms with Crippen molar-refractivity contribution in [3.63, 3.8) is 0 Å². The first-order chi connectivity index (χ1) is 49.5. The van der Waals surface area contributed by atoms with Crippen molar-refractivity contribution in [1.82, 2.24) is 20.0 Å². The highest BCUT2D eigenvalue weighted by Gasteiger charge is 2.35. The van der Waals surface area contributed by atoms with Crippen LogP contribution in [0.1, 0.15) is 151 Å². The number of methoxy groups -OCH3 is 4. The number of rotatable bonds is 13. The summed E-state index contributed by atoms with van der Waals surface area (Å²) >= 11 is 4.55. The Bertz CT molecular complexity index is 4280. The molecule has 3 saturated heterocycles. The van der Waals surface area contributed by atoms with Gasteiger partial charge < -0.3 is 53.8 Å². The van der Waals surface area contributed by atoms with Crippen LogP contribution in [0.4, 0.5) is 0 Å². The molecule has 0 atom stereocenters. The first-order valence-corrected chi connectivity index (χ1v) is 34.0. The number of fused-ring (bicyclic) bond motifs is 6. The van der Waals surface area contributed by atoms with Crippen LogP contribution in [-0.2, 0) is 57.8 Å². The van der Waals surface area contributed by atoms with Crippen LogP contribution in [0.2, 0.25) is 0 Å². The molecule has 530 valence electrons. The molecule has 3 aliphatic carbocycles. The van der Waals surface area contributed by atoms with Crippen molar-refractivity contribution in [2.24, 2.45) is 15.1 Å². The third-order valence-electron chi connectivity index (χ3n) is 18.9. The Kier molecular flexibility index (Phi) is 24.0.